The smallest absolute Gasteiger partial charge is 0.264 e. The minimum atomic E-state index is -4.05. The quantitative estimate of drug-likeness (QED) is 0.553. The van der Waals surface area contributed by atoms with Gasteiger partial charge in [-0.1, -0.05) is 23.8 Å². The van der Waals surface area contributed by atoms with E-state index in [-0.39, 0.29) is 10.6 Å². The van der Waals surface area contributed by atoms with Crippen LogP contribution in [0.4, 0.5) is 11.4 Å². The second-order valence-corrected chi connectivity index (χ2v) is 9.14. The lowest BCUT2D eigenvalue weighted by molar-refractivity contribution is -0.114. The SMILES string of the molecule is COc1ccc(NC(=O)CN(c2cc(C)ccc2OC)S(=O)(=O)c2ccc(C)cc2)cc1. The lowest BCUT2D eigenvalue weighted by atomic mass is 10.2. The van der Waals surface area contributed by atoms with Gasteiger partial charge in [0.1, 0.15) is 18.0 Å². The van der Waals surface area contributed by atoms with Crippen LogP contribution >= 0.6 is 0 Å². The number of carbonyl (C=O) groups is 1. The molecule has 8 heteroatoms. The van der Waals surface area contributed by atoms with Crippen molar-refractivity contribution in [2.75, 3.05) is 30.4 Å². The fraction of sp³-hybridized carbons (Fsp3) is 0.208. The minimum Gasteiger partial charge on any atom is -0.497 e. The molecule has 0 spiro atoms. The molecule has 0 aliphatic carbocycles. The van der Waals surface area contributed by atoms with E-state index in [0.717, 1.165) is 15.4 Å². The van der Waals surface area contributed by atoms with E-state index in [9.17, 15) is 13.2 Å². The normalized spacial score (nSPS) is 11.0. The summed E-state index contributed by atoms with van der Waals surface area (Å²) >= 11 is 0. The third-order valence-corrected chi connectivity index (χ3v) is 6.65. The Hall–Kier alpha value is -3.52. The molecule has 0 saturated heterocycles. The maximum absolute atomic E-state index is 13.6. The van der Waals surface area contributed by atoms with Crippen molar-refractivity contribution >= 4 is 27.3 Å². The van der Waals surface area contributed by atoms with E-state index < -0.39 is 22.5 Å². The predicted octanol–water partition coefficient (Wildman–Crippen LogP) is 4.15. The minimum absolute atomic E-state index is 0.0870. The van der Waals surface area contributed by atoms with Crippen LogP contribution in [-0.4, -0.2) is 35.1 Å². The van der Waals surface area contributed by atoms with Crippen LogP contribution in [-0.2, 0) is 14.8 Å². The summed E-state index contributed by atoms with van der Waals surface area (Å²) in [5.41, 5.74) is 2.58. The Morgan fingerprint density at radius 2 is 1.50 bits per heavy atom. The highest BCUT2D eigenvalue weighted by atomic mass is 32.2. The molecular formula is C24H26N2O5S. The van der Waals surface area contributed by atoms with Crippen LogP contribution < -0.4 is 19.1 Å². The van der Waals surface area contributed by atoms with Gasteiger partial charge in [-0.3, -0.25) is 9.10 Å². The van der Waals surface area contributed by atoms with Crippen LogP contribution in [0.5, 0.6) is 11.5 Å². The number of benzene rings is 3. The molecule has 0 saturated carbocycles. The second kappa shape index (κ2) is 9.74. The van der Waals surface area contributed by atoms with Crippen LogP contribution in [0.3, 0.4) is 0 Å². The van der Waals surface area contributed by atoms with Gasteiger partial charge < -0.3 is 14.8 Å². The molecule has 3 rings (SSSR count). The Labute approximate surface area is 188 Å². The summed E-state index contributed by atoms with van der Waals surface area (Å²) in [5, 5.41) is 2.74. The Balaban J connectivity index is 1.99. The van der Waals surface area contributed by atoms with E-state index in [1.165, 1.54) is 19.2 Å². The first-order chi connectivity index (χ1) is 15.2. The molecule has 0 heterocycles. The first-order valence-corrected chi connectivity index (χ1v) is 11.4. The van der Waals surface area contributed by atoms with Gasteiger partial charge in [0.25, 0.3) is 10.0 Å². The molecule has 3 aromatic rings. The number of nitrogens with zero attached hydrogens (tertiary/aromatic N) is 1. The number of nitrogens with one attached hydrogen (secondary N) is 1. The first kappa shape index (κ1) is 23.1. The zero-order chi connectivity index (χ0) is 23.3. The molecule has 0 atom stereocenters. The van der Waals surface area contributed by atoms with Gasteiger partial charge in [-0.15, -0.1) is 0 Å². The van der Waals surface area contributed by atoms with E-state index >= 15 is 0 Å². The number of methoxy groups -OCH3 is 2. The van der Waals surface area contributed by atoms with Crippen molar-refractivity contribution in [2.24, 2.45) is 0 Å². The molecule has 3 aromatic carbocycles. The molecule has 0 fully saturated rings. The summed E-state index contributed by atoms with van der Waals surface area (Å²) < 4.78 is 38.7. The Morgan fingerprint density at radius 1 is 0.875 bits per heavy atom. The lowest BCUT2D eigenvalue weighted by Gasteiger charge is -2.26. The second-order valence-electron chi connectivity index (χ2n) is 7.28. The van der Waals surface area contributed by atoms with Crippen LogP contribution in [0.15, 0.2) is 71.6 Å². The monoisotopic (exact) mass is 454 g/mol. The summed E-state index contributed by atoms with van der Waals surface area (Å²) in [5.74, 6) is 0.508. The third-order valence-electron chi connectivity index (χ3n) is 4.87. The van der Waals surface area contributed by atoms with E-state index in [2.05, 4.69) is 5.32 Å². The average molecular weight is 455 g/mol. The molecule has 0 aliphatic heterocycles. The molecule has 0 unspecified atom stereocenters. The zero-order valence-electron chi connectivity index (χ0n) is 18.5. The fourth-order valence-electron chi connectivity index (χ4n) is 3.14. The largest absolute Gasteiger partial charge is 0.497 e. The number of rotatable bonds is 8. The van der Waals surface area contributed by atoms with Crippen molar-refractivity contribution in [1.29, 1.82) is 0 Å². The van der Waals surface area contributed by atoms with Crippen molar-refractivity contribution in [2.45, 2.75) is 18.7 Å². The van der Waals surface area contributed by atoms with Gasteiger partial charge in [0.15, 0.2) is 0 Å². The molecule has 0 aromatic heterocycles. The van der Waals surface area contributed by atoms with Gasteiger partial charge >= 0.3 is 0 Å². The molecular weight excluding hydrogens is 428 g/mol. The van der Waals surface area contributed by atoms with Crippen LogP contribution in [0.2, 0.25) is 0 Å². The summed E-state index contributed by atoms with van der Waals surface area (Å²) in [7, 11) is -1.03. The van der Waals surface area contributed by atoms with Gasteiger partial charge in [-0.25, -0.2) is 8.42 Å². The summed E-state index contributed by atoms with van der Waals surface area (Å²) in [4.78, 5) is 13.0. The average Bonchev–Trinajstić information content (AvgIpc) is 2.78. The van der Waals surface area contributed by atoms with Gasteiger partial charge in [-0.2, -0.15) is 0 Å². The first-order valence-electron chi connectivity index (χ1n) is 9.92. The Morgan fingerprint density at radius 3 is 2.09 bits per heavy atom. The Bertz CT molecular complexity index is 1190. The standard InChI is InChI=1S/C24H26N2O5S/c1-17-5-12-21(13-6-17)32(28,29)26(22-15-18(2)7-14-23(22)31-4)16-24(27)25-19-8-10-20(30-3)11-9-19/h5-15H,16H2,1-4H3,(H,25,27). The van der Waals surface area contributed by atoms with Crippen molar-refractivity contribution in [3.63, 3.8) is 0 Å². The van der Waals surface area contributed by atoms with E-state index in [1.54, 1.807) is 55.6 Å². The topological polar surface area (TPSA) is 84.9 Å². The number of sulfonamides is 1. The number of anilines is 2. The summed E-state index contributed by atoms with van der Waals surface area (Å²) in [6.45, 7) is 3.29. The number of aryl methyl sites for hydroxylation is 2. The molecule has 168 valence electrons. The number of hydrogen-bond acceptors (Lipinski definition) is 5. The molecule has 7 nitrogen and oxygen atoms in total. The van der Waals surface area contributed by atoms with Crippen molar-refractivity contribution in [3.8, 4) is 11.5 Å². The van der Waals surface area contributed by atoms with Gasteiger partial charge in [0.05, 0.1) is 24.8 Å². The van der Waals surface area contributed by atoms with Crippen molar-refractivity contribution in [3.05, 3.63) is 77.9 Å². The van der Waals surface area contributed by atoms with Gasteiger partial charge in [-0.05, 0) is 67.9 Å². The maximum atomic E-state index is 13.6. The summed E-state index contributed by atoms with van der Waals surface area (Å²) in [6, 6.07) is 18.5. The van der Waals surface area contributed by atoms with Crippen LogP contribution in [0.1, 0.15) is 11.1 Å². The molecule has 1 N–H and O–H groups in total. The molecule has 0 aliphatic rings. The van der Waals surface area contributed by atoms with Crippen LogP contribution in [0, 0.1) is 13.8 Å². The number of amides is 1. The summed E-state index contributed by atoms with van der Waals surface area (Å²) in [6.07, 6.45) is 0. The van der Waals surface area contributed by atoms with Gasteiger partial charge in [0.2, 0.25) is 5.91 Å². The lowest BCUT2D eigenvalue weighted by Crippen LogP contribution is -2.38. The molecule has 32 heavy (non-hydrogen) atoms. The number of hydrogen-bond donors (Lipinski definition) is 1. The van der Waals surface area contributed by atoms with E-state index in [1.807, 2.05) is 19.9 Å². The zero-order valence-corrected chi connectivity index (χ0v) is 19.3. The van der Waals surface area contributed by atoms with E-state index in [4.69, 9.17) is 9.47 Å². The highest BCUT2D eigenvalue weighted by Crippen LogP contribution is 2.33. The maximum Gasteiger partial charge on any atom is 0.264 e. The Kier molecular flexibility index (Phi) is 7.05. The molecule has 1 amide bonds. The highest BCUT2D eigenvalue weighted by Gasteiger charge is 2.29. The number of carbonyl (C=O) groups excluding carboxylic acids is 1. The van der Waals surface area contributed by atoms with Crippen LogP contribution in [0.25, 0.3) is 0 Å². The molecule has 0 bridgehead atoms. The van der Waals surface area contributed by atoms with Crippen molar-refractivity contribution in [1.82, 2.24) is 0 Å². The highest BCUT2D eigenvalue weighted by molar-refractivity contribution is 7.92. The van der Waals surface area contributed by atoms with Gasteiger partial charge in [0, 0.05) is 5.69 Å². The number of ether oxygens (including phenoxy) is 2. The molecule has 0 radical (unpaired) electrons. The third kappa shape index (κ3) is 5.20. The van der Waals surface area contributed by atoms with E-state index in [0.29, 0.717) is 17.2 Å². The fourth-order valence-corrected chi connectivity index (χ4v) is 4.56. The predicted molar refractivity (Wildman–Crippen MR) is 125 cm³/mol. The van der Waals surface area contributed by atoms with Crippen molar-refractivity contribution < 1.29 is 22.7 Å².